The lowest BCUT2D eigenvalue weighted by Gasteiger charge is -2.45. The van der Waals surface area contributed by atoms with Gasteiger partial charge in [-0.25, -0.2) is 0 Å². The number of hydrogen-bond donors (Lipinski definition) is 0. The first-order chi connectivity index (χ1) is 11.9. The number of rotatable bonds is 5. The standard InChI is InChI=1S/C21H25F3O/c1-2-3-10-18-11-6-7-14-20(18,25-21(22,23)24)19-13-12-16-8-4-5-9-17(16)15-19/h4-5,8-9,12-13,15,18H,2-3,6-7,10-11,14H2,1H3. The van der Waals surface area contributed by atoms with E-state index in [0.29, 0.717) is 12.0 Å². The first-order valence-electron chi connectivity index (χ1n) is 9.21. The van der Waals surface area contributed by atoms with Crippen molar-refractivity contribution in [3.63, 3.8) is 0 Å². The maximum absolute atomic E-state index is 13.4. The van der Waals surface area contributed by atoms with Gasteiger partial charge in [0.2, 0.25) is 0 Å². The highest BCUT2D eigenvalue weighted by atomic mass is 19.4. The molecule has 1 nitrogen and oxygen atoms in total. The van der Waals surface area contributed by atoms with Crippen molar-refractivity contribution in [2.45, 2.75) is 63.8 Å². The van der Waals surface area contributed by atoms with Crippen LogP contribution in [-0.4, -0.2) is 6.36 Å². The predicted octanol–water partition coefficient (Wildman–Crippen LogP) is 6.95. The molecule has 25 heavy (non-hydrogen) atoms. The molecular weight excluding hydrogens is 325 g/mol. The molecule has 0 amide bonds. The van der Waals surface area contributed by atoms with Crippen LogP contribution in [-0.2, 0) is 10.3 Å². The van der Waals surface area contributed by atoms with Gasteiger partial charge in [0, 0.05) is 0 Å². The summed E-state index contributed by atoms with van der Waals surface area (Å²) in [4.78, 5) is 0. The Bertz CT molecular complexity index is 710. The minimum absolute atomic E-state index is 0.0935. The van der Waals surface area contributed by atoms with Crippen LogP contribution in [0, 0.1) is 5.92 Å². The Morgan fingerprint density at radius 1 is 1.08 bits per heavy atom. The van der Waals surface area contributed by atoms with E-state index in [4.69, 9.17) is 4.74 Å². The molecule has 0 bridgehead atoms. The van der Waals surface area contributed by atoms with Crippen molar-refractivity contribution in [2.75, 3.05) is 0 Å². The maximum Gasteiger partial charge on any atom is 0.523 e. The Balaban J connectivity index is 2.07. The quantitative estimate of drug-likeness (QED) is 0.567. The number of alkyl halides is 3. The van der Waals surface area contributed by atoms with Crippen molar-refractivity contribution < 1.29 is 17.9 Å². The summed E-state index contributed by atoms with van der Waals surface area (Å²) in [5, 5.41) is 2.00. The predicted molar refractivity (Wildman–Crippen MR) is 94.2 cm³/mol. The van der Waals surface area contributed by atoms with Crippen LogP contribution < -0.4 is 0 Å². The van der Waals surface area contributed by atoms with Crippen molar-refractivity contribution in [2.24, 2.45) is 5.92 Å². The summed E-state index contributed by atoms with van der Waals surface area (Å²) in [6.07, 6.45) is 1.03. The molecule has 2 atom stereocenters. The highest BCUT2D eigenvalue weighted by Crippen LogP contribution is 2.50. The van der Waals surface area contributed by atoms with Crippen LogP contribution >= 0.6 is 0 Å². The molecule has 0 N–H and O–H groups in total. The summed E-state index contributed by atoms with van der Waals surface area (Å²) in [5.41, 5.74) is -0.584. The zero-order valence-corrected chi connectivity index (χ0v) is 14.6. The Morgan fingerprint density at radius 3 is 2.56 bits per heavy atom. The van der Waals surface area contributed by atoms with Gasteiger partial charge in [0.1, 0.15) is 5.60 Å². The fourth-order valence-corrected chi connectivity index (χ4v) is 4.28. The Labute approximate surface area is 147 Å². The summed E-state index contributed by atoms with van der Waals surface area (Å²) < 4.78 is 45.0. The molecule has 1 saturated carbocycles. The van der Waals surface area contributed by atoms with Gasteiger partial charge in [0.15, 0.2) is 0 Å². The fraction of sp³-hybridized carbons (Fsp3) is 0.524. The molecule has 1 fully saturated rings. The third-order valence-corrected chi connectivity index (χ3v) is 5.45. The summed E-state index contributed by atoms with van der Waals surface area (Å²) in [5.74, 6) is -0.0935. The summed E-state index contributed by atoms with van der Waals surface area (Å²) >= 11 is 0. The van der Waals surface area contributed by atoms with E-state index < -0.39 is 12.0 Å². The van der Waals surface area contributed by atoms with E-state index in [1.807, 2.05) is 42.5 Å². The molecular formula is C21H25F3O. The highest BCUT2D eigenvalue weighted by molar-refractivity contribution is 5.83. The van der Waals surface area contributed by atoms with Gasteiger partial charge >= 0.3 is 6.36 Å². The second-order valence-electron chi connectivity index (χ2n) is 7.08. The second-order valence-corrected chi connectivity index (χ2v) is 7.08. The van der Waals surface area contributed by atoms with Crippen LogP contribution in [0.4, 0.5) is 13.2 Å². The summed E-state index contributed by atoms with van der Waals surface area (Å²) in [6, 6.07) is 13.4. The second kappa shape index (κ2) is 7.36. The number of halogens is 3. The van der Waals surface area contributed by atoms with Gasteiger partial charge in [-0.1, -0.05) is 69.0 Å². The zero-order valence-electron chi connectivity index (χ0n) is 14.6. The van der Waals surface area contributed by atoms with E-state index in [1.165, 1.54) is 0 Å². The zero-order chi connectivity index (χ0) is 17.9. The Kier molecular flexibility index (Phi) is 5.38. The largest absolute Gasteiger partial charge is 0.523 e. The first-order valence-corrected chi connectivity index (χ1v) is 9.21. The normalized spacial score (nSPS) is 24.6. The van der Waals surface area contributed by atoms with Gasteiger partial charge in [-0.15, -0.1) is 13.2 Å². The first kappa shape index (κ1) is 18.2. The van der Waals surface area contributed by atoms with E-state index >= 15 is 0 Å². The van der Waals surface area contributed by atoms with Crippen LogP contribution in [0.25, 0.3) is 10.8 Å². The van der Waals surface area contributed by atoms with E-state index in [9.17, 15) is 13.2 Å². The number of ether oxygens (including phenoxy) is 1. The van der Waals surface area contributed by atoms with E-state index in [0.717, 1.165) is 49.3 Å². The van der Waals surface area contributed by atoms with E-state index in [-0.39, 0.29) is 5.92 Å². The van der Waals surface area contributed by atoms with Gasteiger partial charge in [-0.05, 0) is 47.6 Å². The molecule has 2 aromatic rings. The number of benzene rings is 2. The van der Waals surface area contributed by atoms with Gasteiger partial charge < -0.3 is 0 Å². The third-order valence-electron chi connectivity index (χ3n) is 5.45. The van der Waals surface area contributed by atoms with E-state index in [2.05, 4.69) is 6.92 Å². The fourth-order valence-electron chi connectivity index (χ4n) is 4.28. The minimum Gasteiger partial charge on any atom is -0.280 e. The Morgan fingerprint density at radius 2 is 1.84 bits per heavy atom. The highest BCUT2D eigenvalue weighted by Gasteiger charge is 2.50. The number of fused-ring (bicyclic) bond motifs is 1. The summed E-state index contributed by atoms with van der Waals surface area (Å²) in [6.45, 7) is 2.07. The lowest BCUT2D eigenvalue weighted by molar-refractivity contribution is -0.384. The van der Waals surface area contributed by atoms with Crippen molar-refractivity contribution >= 4 is 10.8 Å². The Hall–Kier alpha value is -1.55. The SMILES string of the molecule is CCCCC1CCCCC1(OC(F)(F)F)c1ccc2ccccc2c1. The van der Waals surface area contributed by atoms with Crippen LogP contribution in [0.5, 0.6) is 0 Å². The molecule has 0 heterocycles. The average molecular weight is 350 g/mol. The molecule has 0 aromatic heterocycles. The number of unbranched alkanes of at least 4 members (excludes halogenated alkanes) is 1. The van der Waals surface area contributed by atoms with Crippen LogP contribution in [0.1, 0.15) is 57.4 Å². The molecule has 1 aliphatic carbocycles. The monoisotopic (exact) mass is 350 g/mol. The van der Waals surface area contributed by atoms with Crippen LogP contribution in [0.3, 0.4) is 0 Å². The minimum atomic E-state index is -4.63. The average Bonchev–Trinajstić information content (AvgIpc) is 2.59. The van der Waals surface area contributed by atoms with Crippen LogP contribution in [0.15, 0.2) is 42.5 Å². The van der Waals surface area contributed by atoms with Crippen LogP contribution in [0.2, 0.25) is 0 Å². The lowest BCUT2D eigenvalue weighted by atomic mass is 9.69. The molecule has 0 spiro atoms. The molecule has 0 saturated heterocycles. The molecule has 0 aliphatic heterocycles. The topological polar surface area (TPSA) is 9.23 Å². The molecule has 1 aliphatic rings. The summed E-state index contributed by atoms with van der Waals surface area (Å²) in [7, 11) is 0. The maximum atomic E-state index is 13.4. The van der Waals surface area contributed by atoms with E-state index in [1.54, 1.807) is 0 Å². The smallest absolute Gasteiger partial charge is 0.280 e. The molecule has 136 valence electrons. The molecule has 2 aromatic carbocycles. The molecule has 2 unspecified atom stereocenters. The molecule has 0 radical (unpaired) electrons. The van der Waals surface area contributed by atoms with Gasteiger partial charge in [-0.2, -0.15) is 0 Å². The van der Waals surface area contributed by atoms with Gasteiger partial charge in [-0.3, -0.25) is 4.74 Å². The number of hydrogen-bond acceptors (Lipinski definition) is 1. The van der Waals surface area contributed by atoms with Crippen molar-refractivity contribution in [3.8, 4) is 0 Å². The van der Waals surface area contributed by atoms with Crippen molar-refractivity contribution in [1.82, 2.24) is 0 Å². The van der Waals surface area contributed by atoms with Gasteiger partial charge in [0.05, 0.1) is 0 Å². The lowest BCUT2D eigenvalue weighted by Crippen LogP contribution is -2.44. The van der Waals surface area contributed by atoms with Crippen molar-refractivity contribution in [1.29, 1.82) is 0 Å². The van der Waals surface area contributed by atoms with Crippen molar-refractivity contribution in [3.05, 3.63) is 48.0 Å². The molecule has 4 heteroatoms. The molecule has 3 rings (SSSR count). The third kappa shape index (κ3) is 4.00. The van der Waals surface area contributed by atoms with Gasteiger partial charge in [0.25, 0.3) is 0 Å².